The van der Waals surface area contributed by atoms with Crippen molar-refractivity contribution in [3.8, 4) is 10.6 Å². The molecule has 1 saturated heterocycles. The summed E-state index contributed by atoms with van der Waals surface area (Å²) in [7, 11) is 0. The van der Waals surface area contributed by atoms with Gasteiger partial charge in [-0.2, -0.15) is 5.10 Å². The number of nitrogens with zero attached hydrogens (tertiary/aromatic N) is 3. The Kier molecular flexibility index (Phi) is 5.76. The van der Waals surface area contributed by atoms with E-state index >= 15 is 0 Å². The van der Waals surface area contributed by atoms with Crippen molar-refractivity contribution in [1.82, 2.24) is 15.1 Å². The van der Waals surface area contributed by atoms with Gasteiger partial charge in [-0.1, -0.05) is 23.8 Å². The number of hydrogen-bond donors (Lipinski definition) is 1. The second-order valence-corrected chi connectivity index (χ2v) is 8.24. The van der Waals surface area contributed by atoms with Gasteiger partial charge in [0.2, 0.25) is 11.8 Å². The maximum absolute atomic E-state index is 12.6. The number of carbonyl (C=O) groups excluding carboxylic acids is 2. The number of nitrogens with one attached hydrogen (secondary N) is 1. The molecule has 1 atom stereocenters. The molecule has 0 bridgehead atoms. The van der Waals surface area contributed by atoms with Gasteiger partial charge < -0.3 is 10.2 Å². The fourth-order valence-electron chi connectivity index (χ4n) is 3.45. The SMILES string of the molecule is Cc1ccc(N2CC(C(=O)NCCn3nc(-c4cccs4)ccc3=O)CC2=O)cc1. The summed E-state index contributed by atoms with van der Waals surface area (Å²) in [6.45, 7) is 2.89. The predicted octanol–water partition coefficient (Wildman–Crippen LogP) is 2.45. The molecule has 1 N–H and O–H groups in total. The Balaban J connectivity index is 1.34. The van der Waals surface area contributed by atoms with E-state index in [0.29, 0.717) is 6.54 Å². The summed E-state index contributed by atoms with van der Waals surface area (Å²) in [4.78, 5) is 39.6. The first kappa shape index (κ1) is 20.0. The average molecular weight is 423 g/mol. The number of rotatable bonds is 6. The van der Waals surface area contributed by atoms with Gasteiger partial charge in [0.25, 0.3) is 5.56 Å². The highest BCUT2D eigenvalue weighted by Gasteiger charge is 2.34. The number of thiophene rings is 1. The fraction of sp³-hybridized carbons (Fsp3) is 0.273. The lowest BCUT2D eigenvalue weighted by molar-refractivity contribution is -0.126. The highest BCUT2D eigenvalue weighted by atomic mass is 32.1. The van der Waals surface area contributed by atoms with E-state index < -0.39 is 5.92 Å². The Morgan fingerprint density at radius 1 is 1.17 bits per heavy atom. The van der Waals surface area contributed by atoms with E-state index in [9.17, 15) is 14.4 Å². The Morgan fingerprint density at radius 3 is 2.70 bits per heavy atom. The van der Waals surface area contributed by atoms with Gasteiger partial charge in [0.1, 0.15) is 5.69 Å². The maximum Gasteiger partial charge on any atom is 0.266 e. The van der Waals surface area contributed by atoms with Gasteiger partial charge in [0, 0.05) is 31.3 Å². The Bertz CT molecular complexity index is 1110. The van der Waals surface area contributed by atoms with E-state index in [1.165, 1.54) is 10.7 Å². The molecule has 3 heterocycles. The second-order valence-electron chi connectivity index (χ2n) is 7.29. The van der Waals surface area contributed by atoms with Gasteiger partial charge in [-0.25, -0.2) is 4.68 Å². The molecule has 1 aromatic carbocycles. The van der Waals surface area contributed by atoms with E-state index in [4.69, 9.17) is 0 Å². The molecule has 0 aliphatic carbocycles. The smallest absolute Gasteiger partial charge is 0.266 e. The number of aryl methyl sites for hydroxylation is 1. The molecule has 7 nitrogen and oxygen atoms in total. The van der Waals surface area contributed by atoms with Gasteiger partial charge in [0.05, 0.1) is 17.3 Å². The van der Waals surface area contributed by atoms with Crippen molar-refractivity contribution in [3.05, 3.63) is 69.8 Å². The van der Waals surface area contributed by atoms with Crippen LogP contribution in [0.25, 0.3) is 10.6 Å². The molecule has 0 saturated carbocycles. The zero-order valence-electron chi connectivity index (χ0n) is 16.6. The molecular formula is C22H22N4O3S. The molecule has 1 aliphatic heterocycles. The third-order valence-electron chi connectivity index (χ3n) is 5.10. The first-order valence-corrected chi connectivity index (χ1v) is 10.7. The molecule has 2 aromatic heterocycles. The Morgan fingerprint density at radius 2 is 1.97 bits per heavy atom. The number of carbonyl (C=O) groups is 2. The summed E-state index contributed by atoms with van der Waals surface area (Å²) < 4.78 is 1.35. The quantitative estimate of drug-likeness (QED) is 0.661. The summed E-state index contributed by atoms with van der Waals surface area (Å²) in [5.74, 6) is -0.637. The van der Waals surface area contributed by atoms with Gasteiger partial charge in [-0.15, -0.1) is 11.3 Å². The van der Waals surface area contributed by atoms with Crippen LogP contribution >= 0.6 is 11.3 Å². The van der Waals surface area contributed by atoms with Crippen LogP contribution in [-0.4, -0.2) is 34.7 Å². The van der Waals surface area contributed by atoms with Gasteiger partial charge in [-0.05, 0) is 36.6 Å². The van der Waals surface area contributed by atoms with Crippen molar-refractivity contribution in [2.24, 2.45) is 5.92 Å². The predicted molar refractivity (Wildman–Crippen MR) is 116 cm³/mol. The summed E-state index contributed by atoms with van der Waals surface area (Å²) in [5.41, 5.74) is 2.44. The molecule has 0 spiro atoms. The van der Waals surface area contributed by atoms with Gasteiger partial charge in [0.15, 0.2) is 0 Å². The van der Waals surface area contributed by atoms with Gasteiger partial charge in [-0.3, -0.25) is 14.4 Å². The average Bonchev–Trinajstić information content (AvgIpc) is 3.40. The summed E-state index contributed by atoms with van der Waals surface area (Å²) in [6.07, 6.45) is 0.186. The molecular weight excluding hydrogens is 400 g/mol. The number of amides is 2. The van der Waals surface area contributed by atoms with E-state index in [1.54, 1.807) is 22.3 Å². The number of hydrogen-bond acceptors (Lipinski definition) is 5. The molecule has 1 unspecified atom stereocenters. The van der Waals surface area contributed by atoms with Crippen molar-refractivity contribution in [2.45, 2.75) is 19.9 Å². The molecule has 1 fully saturated rings. The van der Waals surface area contributed by atoms with Crippen LogP contribution in [-0.2, 0) is 16.1 Å². The van der Waals surface area contributed by atoms with Crippen LogP contribution in [0.5, 0.6) is 0 Å². The fourth-order valence-corrected chi connectivity index (χ4v) is 4.14. The standard InChI is InChI=1S/C22H22N4O3S/c1-15-4-6-17(7-5-15)25-14-16(13-21(25)28)22(29)23-10-11-26-20(27)9-8-18(24-26)19-3-2-12-30-19/h2-9,12,16H,10-11,13-14H2,1H3,(H,23,29). The van der Waals surface area contributed by atoms with Crippen LogP contribution in [0.15, 0.2) is 58.7 Å². The van der Waals surface area contributed by atoms with Crippen LogP contribution in [0.4, 0.5) is 5.69 Å². The van der Waals surface area contributed by atoms with Crippen LogP contribution in [0.2, 0.25) is 0 Å². The topological polar surface area (TPSA) is 84.3 Å². The highest BCUT2D eigenvalue weighted by molar-refractivity contribution is 7.13. The lowest BCUT2D eigenvalue weighted by atomic mass is 10.1. The van der Waals surface area contributed by atoms with E-state index in [-0.39, 0.29) is 36.9 Å². The van der Waals surface area contributed by atoms with Crippen LogP contribution < -0.4 is 15.8 Å². The third-order valence-corrected chi connectivity index (χ3v) is 6.00. The minimum Gasteiger partial charge on any atom is -0.354 e. The van der Waals surface area contributed by atoms with Crippen LogP contribution in [0.1, 0.15) is 12.0 Å². The zero-order valence-corrected chi connectivity index (χ0v) is 17.4. The lowest BCUT2D eigenvalue weighted by Gasteiger charge is -2.17. The molecule has 154 valence electrons. The summed E-state index contributed by atoms with van der Waals surface area (Å²) in [6, 6.07) is 14.8. The molecule has 1 aliphatic rings. The van der Waals surface area contributed by atoms with Crippen LogP contribution in [0, 0.1) is 12.8 Å². The Hall–Kier alpha value is -3.26. The first-order chi connectivity index (χ1) is 14.5. The van der Waals surface area contributed by atoms with Crippen molar-refractivity contribution in [3.63, 3.8) is 0 Å². The zero-order chi connectivity index (χ0) is 21.1. The number of benzene rings is 1. The minimum atomic E-state index is -0.402. The molecule has 0 radical (unpaired) electrons. The molecule has 30 heavy (non-hydrogen) atoms. The summed E-state index contributed by atoms with van der Waals surface area (Å²) in [5, 5.41) is 9.18. The van der Waals surface area contributed by atoms with Gasteiger partial charge >= 0.3 is 0 Å². The minimum absolute atomic E-state index is 0.0551. The molecule has 3 aromatic rings. The first-order valence-electron chi connectivity index (χ1n) is 9.78. The molecule has 2 amide bonds. The normalized spacial score (nSPS) is 16.1. The molecule has 4 rings (SSSR count). The van der Waals surface area contributed by atoms with Crippen molar-refractivity contribution in [1.29, 1.82) is 0 Å². The van der Waals surface area contributed by atoms with Crippen molar-refractivity contribution >= 4 is 28.8 Å². The number of aromatic nitrogens is 2. The monoisotopic (exact) mass is 422 g/mol. The molecule has 8 heteroatoms. The van der Waals surface area contributed by atoms with Crippen LogP contribution in [0.3, 0.4) is 0 Å². The number of anilines is 1. The van der Waals surface area contributed by atoms with E-state index in [0.717, 1.165) is 21.8 Å². The van der Waals surface area contributed by atoms with Crippen molar-refractivity contribution < 1.29 is 9.59 Å². The van der Waals surface area contributed by atoms with Crippen molar-refractivity contribution in [2.75, 3.05) is 18.0 Å². The Labute approximate surface area is 178 Å². The maximum atomic E-state index is 12.6. The van der Waals surface area contributed by atoms with E-state index in [2.05, 4.69) is 10.4 Å². The van der Waals surface area contributed by atoms with E-state index in [1.807, 2.05) is 48.7 Å². The lowest BCUT2D eigenvalue weighted by Crippen LogP contribution is -2.36. The third kappa shape index (κ3) is 4.33. The second kappa shape index (κ2) is 8.62. The largest absolute Gasteiger partial charge is 0.354 e. The highest BCUT2D eigenvalue weighted by Crippen LogP contribution is 2.25. The summed E-state index contributed by atoms with van der Waals surface area (Å²) >= 11 is 1.55.